The zero-order valence-electron chi connectivity index (χ0n) is 28.1. The van der Waals surface area contributed by atoms with E-state index in [-0.39, 0.29) is 16.9 Å². The number of hydrogen-bond donors (Lipinski definition) is 0. The SMILES string of the molecule is CCC(C)Oc1c(C)cc(C(C)(C)c2cc(C)c(Oc3ccc(Sc4ccc(C(C)(C)CC)cc4)cc3)c(C)c2)cc1C. The molecule has 0 saturated heterocycles. The molecule has 0 amide bonds. The smallest absolute Gasteiger partial charge is 0.133 e. The Morgan fingerprint density at radius 2 is 1.07 bits per heavy atom. The largest absolute Gasteiger partial charge is 0.490 e. The molecule has 4 aromatic carbocycles. The average Bonchev–Trinajstić information content (AvgIpc) is 2.97. The van der Waals surface area contributed by atoms with Gasteiger partial charge in [-0.05, 0) is 128 Å². The van der Waals surface area contributed by atoms with E-state index < -0.39 is 0 Å². The molecular weight excluding hydrogens is 545 g/mol. The Labute approximate surface area is 265 Å². The number of rotatable bonds is 11. The summed E-state index contributed by atoms with van der Waals surface area (Å²) in [5, 5.41) is 0. The molecule has 3 heteroatoms. The van der Waals surface area contributed by atoms with Crippen LogP contribution < -0.4 is 9.47 Å². The number of benzene rings is 4. The molecule has 0 radical (unpaired) electrons. The Hall–Kier alpha value is -3.17. The molecule has 1 atom stereocenters. The lowest BCUT2D eigenvalue weighted by atomic mass is 9.76. The molecule has 0 aliphatic carbocycles. The molecule has 4 rings (SSSR count). The summed E-state index contributed by atoms with van der Waals surface area (Å²) >= 11 is 1.78. The summed E-state index contributed by atoms with van der Waals surface area (Å²) < 4.78 is 12.7. The van der Waals surface area contributed by atoms with Gasteiger partial charge in [0.2, 0.25) is 0 Å². The average molecular weight is 595 g/mol. The van der Waals surface area contributed by atoms with Crippen LogP contribution >= 0.6 is 11.8 Å². The molecule has 2 nitrogen and oxygen atoms in total. The van der Waals surface area contributed by atoms with E-state index >= 15 is 0 Å². The number of aryl methyl sites for hydroxylation is 4. The van der Waals surface area contributed by atoms with Crippen LogP contribution in [0.3, 0.4) is 0 Å². The van der Waals surface area contributed by atoms with E-state index in [1.807, 2.05) is 0 Å². The lowest BCUT2D eigenvalue weighted by Crippen LogP contribution is -2.20. The third kappa shape index (κ3) is 7.50. The Balaban J connectivity index is 1.50. The molecule has 1 unspecified atom stereocenters. The first-order valence-electron chi connectivity index (χ1n) is 15.7. The van der Waals surface area contributed by atoms with Crippen LogP contribution in [-0.4, -0.2) is 6.10 Å². The van der Waals surface area contributed by atoms with Crippen molar-refractivity contribution in [1.82, 2.24) is 0 Å². The zero-order valence-corrected chi connectivity index (χ0v) is 29.0. The topological polar surface area (TPSA) is 18.5 Å². The first kappa shape index (κ1) is 32.7. The van der Waals surface area contributed by atoms with E-state index in [2.05, 4.69) is 149 Å². The van der Waals surface area contributed by atoms with E-state index in [0.717, 1.165) is 41.2 Å². The summed E-state index contributed by atoms with van der Waals surface area (Å²) in [6.45, 7) is 24.4. The predicted octanol–water partition coefficient (Wildman–Crippen LogP) is 12.1. The van der Waals surface area contributed by atoms with Crippen molar-refractivity contribution in [2.75, 3.05) is 0 Å². The number of hydrogen-bond acceptors (Lipinski definition) is 3. The summed E-state index contributed by atoms with van der Waals surface area (Å²) in [5.74, 6) is 2.80. The Bertz CT molecular complexity index is 1500. The van der Waals surface area contributed by atoms with Gasteiger partial charge in [0.05, 0.1) is 6.10 Å². The van der Waals surface area contributed by atoms with Crippen molar-refractivity contribution in [3.05, 3.63) is 112 Å². The molecule has 228 valence electrons. The molecular formula is C40H50O2S. The van der Waals surface area contributed by atoms with E-state index in [4.69, 9.17) is 9.47 Å². The van der Waals surface area contributed by atoms with E-state index in [0.29, 0.717) is 0 Å². The van der Waals surface area contributed by atoms with Crippen molar-refractivity contribution >= 4 is 11.8 Å². The second-order valence-corrected chi connectivity index (χ2v) is 14.4. The maximum atomic E-state index is 6.46. The molecule has 0 spiro atoms. The monoisotopic (exact) mass is 594 g/mol. The molecule has 43 heavy (non-hydrogen) atoms. The van der Waals surface area contributed by atoms with Crippen LogP contribution in [-0.2, 0) is 10.8 Å². The van der Waals surface area contributed by atoms with E-state index in [1.165, 1.54) is 37.6 Å². The first-order valence-corrected chi connectivity index (χ1v) is 16.5. The normalized spacial score (nSPS) is 12.7. The van der Waals surface area contributed by atoms with Crippen LogP contribution in [0.2, 0.25) is 0 Å². The minimum atomic E-state index is -0.165. The second-order valence-electron chi connectivity index (χ2n) is 13.3. The van der Waals surface area contributed by atoms with Crippen molar-refractivity contribution in [1.29, 1.82) is 0 Å². The molecule has 0 saturated carbocycles. The van der Waals surface area contributed by atoms with Crippen LogP contribution in [0, 0.1) is 27.7 Å². The third-order valence-corrected chi connectivity index (χ3v) is 10.1. The van der Waals surface area contributed by atoms with Gasteiger partial charge in [0.1, 0.15) is 17.2 Å². The van der Waals surface area contributed by atoms with Gasteiger partial charge in [0, 0.05) is 15.2 Å². The molecule has 0 aliphatic heterocycles. The third-order valence-electron chi connectivity index (χ3n) is 9.06. The molecule has 4 aromatic rings. The van der Waals surface area contributed by atoms with E-state index in [1.54, 1.807) is 11.8 Å². The fraction of sp³-hybridized carbons (Fsp3) is 0.400. The van der Waals surface area contributed by atoms with Crippen molar-refractivity contribution in [3.8, 4) is 17.2 Å². The molecule has 0 fully saturated rings. The predicted molar refractivity (Wildman–Crippen MR) is 185 cm³/mol. The highest BCUT2D eigenvalue weighted by atomic mass is 32.2. The lowest BCUT2D eigenvalue weighted by Gasteiger charge is -2.29. The van der Waals surface area contributed by atoms with Gasteiger partial charge in [-0.15, -0.1) is 0 Å². The molecule has 0 aliphatic rings. The minimum absolute atomic E-state index is 0.165. The number of ether oxygens (including phenoxy) is 2. The van der Waals surface area contributed by atoms with Crippen LogP contribution in [0.25, 0.3) is 0 Å². The summed E-state index contributed by atoms with van der Waals surface area (Å²) in [6, 6.07) is 26.6. The van der Waals surface area contributed by atoms with Crippen LogP contribution in [0.4, 0.5) is 0 Å². The summed E-state index contributed by atoms with van der Waals surface area (Å²) in [7, 11) is 0. The fourth-order valence-corrected chi connectivity index (χ4v) is 6.24. The van der Waals surface area contributed by atoms with Gasteiger partial charge < -0.3 is 9.47 Å². The van der Waals surface area contributed by atoms with Crippen molar-refractivity contribution in [3.63, 3.8) is 0 Å². The van der Waals surface area contributed by atoms with Crippen LogP contribution in [0.15, 0.2) is 82.6 Å². The van der Waals surface area contributed by atoms with Gasteiger partial charge in [-0.1, -0.05) is 89.7 Å². The summed E-state index contributed by atoms with van der Waals surface area (Å²) in [5.41, 5.74) is 8.67. The van der Waals surface area contributed by atoms with Gasteiger partial charge in [-0.2, -0.15) is 0 Å². The summed E-state index contributed by atoms with van der Waals surface area (Å²) in [4.78, 5) is 2.45. The van der Waals surface area contributed by atoms with Gasteiger partial charge in [0.25, 0.3) is 0 Å². The molecule has 0 N–H and O–H groups in total. The summed E-state index contributed by atoms with van der Waals surface area (Å²) in [6.07, 6.45) is 2.33. The maximum absolute atomic E-state index is 6.46. The van der Waals surface area contributed by atoms with Crippen molar-refractivity contribution in [2.24, 2.45) is 0 Å². The van der Waals surface area contributed by atoms with Gasteiger partial charge in [-0.25, -0.2) is 0 Å². The van der Waals surface area contributed by atoms with Crippen LogP contribution in [0.1, 0.15) is 100 Å². The molecule has 0 heterocycles. The highest BCUT2D eigenvalue weighted by Gasteiger charge is 2.27. The molecule has 0 aromatic heterocycles. The van der Waals surface area contributed by atoms with Gasteiger partial charge in [-0.3, -0.25) is 0 Å². The van der Waals surface area contributed by atoms with Gasteiger partial charge in [0.15, 0.2) is 0 Å². The fourth-order valence-electron chi connectivity index (χ4n) is 5.43. The quantitative estimate of drug-likeness (QED) is 0.172. The van der Waals surface area contributed by atoms with Crippen molar-refractivity contribution < 1.29 is 9.47 Å². The Morgan fingerprint density at radius 3 is 1.51 bits per heavy atom. The standard InChI is InChI=1S/C40H50O2S/c1-12-30(7)41-37-26(3)22-32(23-27(37)4)40(10,11)33-24-28(5)38(29(6)25-33)42-34-16-20-36(21-17-34)43-35-18-14-31(15-19-35)39(8,9)13-2/h14-25,30H,12-13H2,1-11H3. The van der Waals surface area contributed by atoms with Gasteiger partial charge >= 0.3 is 0 Å². The Kier molecular flexibility index (Phi) is 10.1. The van der Waals surface area contributed by atoms with Crippen molar-refractivity contribution in [2.45, 2.75) is 116 Å². The minimum Gasteiger partial charge on any atom is -0.490 e. The highest BCUT2D eigenvalue weighted by molar-refractivity contribution is 7.99. The Morgan fingerprint density at radius 1 is 0.628 bits per heavy atom. The zero-order chi connectivity index (χ0) is 31.5. The first-order chi connectivity index (χ1) is 20.2. The van der Waals surface area contributed by atoms with Crippen LogP contribution in [0.5, 0.6) is 17.2 Å². The second kappa shape index (κ2) is 13.2. The molecule has 0 bridgehead atoms. The highest BCUT2D eigenvalue weighted by Crippen LogP contribution is 2.40. The van der Waals surface area contributed by atoms with E-state index in [9.17, 15) is 0 Å². The lowest BCUT2D eigenvalue weighted by molar-refractivity contribution is 0.214. The maximum Gasteiger partial charge on any atom is 0.133 e.